The van der Waals surface area contributed by atoms with E-state index in [9.17, 15) is 0 Å². The van der Waals surface area contributed by atoms with Gasteiger partial charge in [0.15, 0.2) is 0 Å². The molecule has 0 fully saturated rings. The van der Waals surface area contributed by atoms with E-state index in [4.69, 9.17) is 17.7 Å². The van der Waals surface area contributed by atoms with E-state index < -0.39 is 31.5 Å². The molecule has 0 aliphatic carbocycles. The Labute approximate surface area is 143 Å². The second kappa shape index (κ2) is 7.44. The van der Waals surface area contributed by atoms with Gasteiger partial charge >= 0.3 is 9.05 Å². The second-order valence-corrected chi connectivity index (χ2v) is 11.2. The maximum atomic E-state index is 6.23. The molecule has 136 valence electrons. The highest BCUT2D eigenvalue weighted by molar-refractivity contribution is 6.54. The monoisotopic (exact) mass is 352 g/mol. The highest BCUT2D eigenvalue weighted by atomic mass is 28.4. The number of hydrogen-bond donors (Lipinski definition) is 0. The predicted octanol–water partition coefficient (Wildman–Crippen LogP) is 3.23. The minimum atomic E-state index is -3.34. The smallest absolute Gasteiger partial charge is 0.346 e. The summed E-state index contributed by atoms with van der Waals surface area (Å²) in [5.74, 6) is 0. The SMILES string of the molecule is CC(C)(C)O[Si](OC(C)(C)C)(OC(C)(C)C)OC(C)(C)C.[SiH4]. The van der Waals surface area contributed by atoms with Crippen LogP contribution in [0.2, 0.25) is 0 Å². The third-order valence-corrected chi connectivity index (χ3v) is 5.17. The van der Waals surface area contributed by atoms with Gasteiger partial charge in [0, 0.05) is 0 Å². The molecule has 0 aromatic carbocycles. The largest absolute Gasteiger partial charge is 0.681 e. The van der Waals surface area contributed by atoms with Crippen molar-refractivity contribution in [1.82, 2.24) is 0 Å². The fourth-order valence-corrected chi connectivity index (χ4v) is 4.88. The number of hydrogen-bond acceptors (Lipinski definition) is 4. The van der Waals surface area contributed by atoms with Crippen LogP contribution in [-0.4, -0.2) is 42.4 Å². The van der Waals surface area contributed by atoms with Crippen molar-refractivity contribution in [3.05, 3.63) is 0 Å². The van der Waals surface area contributed by atoms with Crippen LogP contribution in [0.15, 0.2) is 0 Å². The lowest BCUT2D eigenvalue weighted by atomic mass is 10.2. The molecule has 6 heteroatoms. The Morgan fingerprint density at radius 2 is 0.545 bits per heavy atom. The van der Waals surface area contributed by atoms with E-state index in [0.717, 1.165) is 0 Å². The minimum Gasteiger partial charge on any atom is -0.346 e. The molecule has 0 amide bonds. The van der Waals surface area contributed by atoms with Crippen LogP contribution in [-0.2, 0) is 17.7 Å². The summed E-state index contributed by atoms with van der Waals surface area (Å²) < 4.78 is 24.9. The van der Waals surface area contributed by atoms with Gasteiger partial charge in [-0.1, -0.05) is 0 Å². The minimum absolute atomic E-state index is 0. The van der Waals surface area contributed by atoms with Gasteiger partial charge in [-0.05, 0) is 94.1 Å². The summed E-state index contributed by atoms with van der Waals surface area (Å²) >= 11 is 0. The van der Waals surface area contributed by atoms with Crippen LogP contribution in [0.1, 0.15) is 83.1 Å². The van der Waals surface area contributed by atoms with E-state index in [1.807, 2.05) is 83.1 Å². The van der Waals surface area contributed by atoms with E-state index in [-0.39, 0.29) is 11.0 Å². The molecule has 0 unspecified atom stereocenters. The van der Waals surface area contributed by atoms with Crippen LogP contribution >= 0.6 is 0 Å². The van der Waals surface area contributed by atoms with Crippen LogP contribution < -0.4 is 0 Å². The van der Waals surface area contributed by atoms with Gasteiger partial charge in [0.05, 0.1) is 22.4 Å². The van der Waals surface area contributed by atoms with Crippen molar-refractivity contribution in [3.63, 3.8) is 0 Å². The average molecular weight is 353 g/mol. The topological polar surface area (TPSA) is 36.9 Å². The zero-order valence-electron chi connectivity index (χ0n) is 16.1. The second-order valence-electron chi connectivity index (χ2n) is 9.36. The van der Waals surface area contributed by atoms with Gasteiger partial charge in [0.1, 0.15) is 0 Å². The Morgan fingerprint density at radius 3 is 0.636 bits per heavy atom. The average Bonchev–Trinajstić information content (AvgIpc) is 1.83. The molecule has 0 rings (SSSR count). The Kier molecular flexibility index (Phi) is 8.30. The molecule has 0 aromatic rings. The quantitative estimate of drug-likeness (QED) is 0.728. The molecule has 0 aliphatic rings. The van der Waals surface area contributed by atoms with E-state index >= 15 is 0 Å². The molecule has 0 heterocycles. The first-order valence-corrected chi connectivity index (χ1v) is 9.27. The normalized spacial score (nSPS) is 14.7. The lowest BCUT2D eigenvalue weighted by Gasteiger charge is -2.43. The van der Waals surface area contributed by atoms with Crippen molar-refractivity contribution in [1.29, 1.82) is 0 Å². The third-order valence-electron chi connectivity index (χ3n) is 1.72. The molecule has 0 saturated heterocycles. The van der Waals surface area contributed by atoms with Gasteiger partial charge in [0.25, 0.3) is 0 Å². The summed E-state index contributed by atoms with van der Waals surface area (Å²) in [5.41, 5.74) is -1.69. The van der Waals surface area contributed by atoms with E-state index in [0.29, 0.717) is 0 Å². The summed E-state index contributed by atoms with van der Waals surface area (Å²) in [4.78, 5) is 0. The molecule has 0 aliphatic heterocycles. The highest BCUT2D eigenvalue weighted by Gasteiger charge is 2.56. The third kappa shape index (κ3) is 12.8. The van der Waals surface area contributed by atoms with Crippen LogP contribution in [0.4, 0.5) is 0 Å². The van der Waals surface area contributed by atoms with Crippen molar-refractivity contribution in [2.45, 2.75) is 105 Å². The van der Waals surface area contributed by atoms with Crippen molar-refractivity contribution in [2.24, 2.45) is 0 Å². The Balaban J connectivity index is 0. The molecule has 0 radical (unpaired) electrons. The molecular weight excluding hydrogens is 312 g/mol. The van der Waals surface area contributed by atoms with Gasteiger partial charge in [-0.25, -0.2) is 0 Å². The number of rotatable bonds is 4. The maximum absolute atomic E-state index is 6.23. The van der Waals surface area contributed by atoms with Crippen LogP contribution in [0, 0.1) is 0 Å². The van der Waals surface area contributed by atoms with Crippen LogP contribution in [0.3, 0.4) is 0 Å². The van der Waals surface area contributed by atoms with Gasteiger partial charge in [-0.2, -0.15) is 0 Å². The molecule has 0 saturated carbocycles. The van der Waals surface area contributed by atoms with Gasteiger partial charge in [-0.3, -0.25) is 0 Å². The maximum Gasteiger partial charge on any atom is 0.681 e. The van der Waals surface area contributed by atoms with Gasteiger partial charge in [-0.15, -0.1) is 0 Å². The molecule has 0 bridgehead atoms. The fourth-order valence-electron chi connectivity index (χ4n) is 1.63. The summed E-state index contributed by atoms with van der Waals surface area (Å²) in [6.45, 7) is 23.8. The molecule has 0 atom stereocenters. The van der Waals surface area contributed by atoms with Crippen LogP contribution in [0.25, 0.3) is 0 Å². The van der Waals surface area contributed by atoms with E-state index in [1.54, 1.807) is 0 Å². The van der Waals surface area contributed by atoms with Crippen molar-refractivity contribution in [2.75, 3.05) is 0 Å². The first-order chi connectivity index (χ1) is 8.83. The predicted molar refractivity (Wildman–Crippen MR) is 100 cm³/mol. The lowest BCUT2D eigenvalue weighted by Crippen LogP contribution is -2.61. The van der Waals surface area contributed by atoms with Crippen LogP contribution in [0.5, 0.6) is 0 Å². The lowest BCUT2D eigenvalue weighted by molar-refractivity contribution is -0.156. The van der Waals surface area contributed by atoms with Crippen molar-refractivity contribution in [3.8, 4) is 0 Å². The first kappa shape index (κ1) is 24.5. The Hall–Kier alpha value is 0.274. The molecule has 0 N–H and O–H groups in total. The summed E-state index contributed by atoms with van der Waals surface area (Å²) in [5, 5.41) is 0. The summed E-state index contributed by atoms with van der Waals surface area (Å²) in [7, 11) is -3.34. The van der Waals surface area contributed by atoms with Gasteiger partial charge in [0.2, 0.25) is 0 Å². The molecule has 0 aromatic heterocycles. The molecular formula is C16H40O4Si2. The molecule has 4 nitrogen and oxygen atoms in total. The Morgan fingerprint density at radius 1 is 0.409 bits per heavy atom. The molecule has 22 heavy (non-hydrogen) atoms. The van der Waals surface area contributed by atoms with Crippen molar-refractivity contribution >= 4 is 20.0 Å². The highest BCUT2D eigenvalue weighted by Crippen LogP contribution is 2.32. The Bertz CT molecular complexity index is 261. The molecule has 0 spiro atoms. The first-order valence-electron chi connectivity index (χ1n) is 7.63. The standard InChI is InChI=1S/C16H36O4Si.H4Si/c1-13(2,3)17-21(18-14(4,5)6,19-15(7,8)9)20-16(10,11)12;/h1-12H3;1H4. The zero-order chi connectivity index (χ0) is 17.3. The van der Waals surface area contributed by atoms with E-state index in [1.165, 1.54) is 0 Å². The fraction of sp³-hybridized carbons (Fsp3) is 1.00. The summed E-state index contributed by atoms with van der Waals surface area (Å²) in [6.07, 6.45) is 0. The van der Waals surface area contributed by atoms with Gasteiger partial charge < -0.3 is 17.7 Å². The zero-order valence-corrected chi connectivity index (χ0v) is 17.1. The summed E-state index contributed by atoms with van der Waals surface area (Å²) in [6, 6.07) is 0. The van der Waals surface area contributed by atoms with Crippen molar-refractivity contribution < 1.29 is 17.7 Å². The van der Waals surface area contributed by atoms with E-state index in [2.05, 4.69) is 0 Å².